The summed E-state index contributed by atoms with van der Waals surface area (Å²) in [5.74, 6) is -3.90. The van der Waals surface area contributed by atoms with Gasteiger partial charge in [-0.25, -0.2) is 13.2 Å². The van der Waals surface area contributed by atoms with Crippen molar-refractivity contribution >= 4 is 0 Å². The highest BCUT2D eigenvalue weighted by Gasteiger charge is 2.20. The van der Waals surface area contributed by atoms with Crippen LogP contribution in [0.25, 0.3) is 0 Å². The summed E-state index contributed by atoms with van der Waals surface area (Å²) in [5, 5.41) is 0. The van der Waals surface area contributed by atoms with Crippen LogP contribution in [0, 0.1) is 17.5 Å². The van der Waals surface area contributed by atoms with Crippen LogP contribution in [0.3, 0.4) is 0 Å². The van der Waals surface area contributed by atoms with E-state index in [9.17, 15) is 13.2 Å². The lowest BCUT2D eigenvalue weighted by molar-refractivity contribution is 0.0125. The Labute approximate surface area is 105 Å². The average molecular weight is 261 g/mol. The van der Waals surface area contributed by atoms with Gasteiger partial charge in [-0.1, -0.05) is 0 Å². The van der Waals surface area contributed by atoms with E-state index < -0.39 is 23.5 Å². The number of halogens is 3. The average Bonchev–Trinajstić information content (AvgIpc) is 2.32. The zero-order chi connectivity index (χ0) is 13.9. The predicted molar refractivity (Wildman–Crippen MR) is 63.6 cm³/mol. The second kappa shape index (κ2) is 5.71. The minimum absolute atomic E-state index is 0.248. The maximum atomic E-state index is 13.0. The van der Waals surface area contributed by atoms with Crippen LogP contribution < -0.4 is 5.73 Å². The van der Waals surface area contributed by atoms with E-state index in [0.29, 0.717) is 12.8 Å². The Morgan fingerprint density at radius 3 is 2.17 bits per heavy atom. The lowest BCUT2D eigenvalue weighted by atomic mass is 9.95. The highest BCUT2D eigenvalue weighted by molar-refractivity contribution is 5.22. The molecule has 1 rings (SSSR count). The number of hydrogen-bond donors (Lipinski definition) is 1. The van der Waals surface area contributed by atoms with Crippen molar-refractivity contribution in [1.82, 2.24) is 0 Å². The van der Waals surface area contributed by atoms with Gasteiger partial charge < -0.3 is 10.5 Å². The van der Waals surface area contributed by atoms with Gasteiger partial charge in [0.2, 0.25) is 0 Å². The molecule has 0 aromatic heterocycles. The molecule has 0 aliphatic heterocycles. The van der Waals surface area contributed by atoms with Crippen molar-refractivity contribution in [1.29, 1.82) is 0 Å². The standard InChI is InChI=1S/C13H18F3NO/c1-13(2,18-3)5-4-11(17)8-6-9(14)12(16)10(15)7-8/h6-7,11H,4-5,17H2,1-3H3. The van der Waals surface area contributed by atoms with E-state index in [-0.39, 0.29) is 11.2 Å². The van der Waals surface area contributed by atoms with Gasteiger partial charge in [0.25, 0.3) is 0 Å². The molecule has 0 amide bonds. The van der Waals surface area contributed by atoms with E-state index in [2.05, 4.69) is 0 Å². The number of rotatable bonds is 5. The molecule has 0 aliphatic rings. The SMILES string of the molecule is COC(C)(C)CCC(N)c1cc(F)c(F)c(F)c1. The number of methoxy groups -OCH3 is 1. The quantitative estimate of drug-likeness (QED) is 0.825. The first kappa shape index (κ1) is 15.0. The molecule has 0 saturated carbocycles. The van der Waals surface area contributed by atoms with Gasteiger partial charge >= 0.3 is 0 Å². The molecule has 5 heteroatoms. The van der Waals surface area contributed by atoms with Crippen molar-refractivity contribution in [3.8, 4) is 0 Å². The van der Waals surface area contributed by atoms with E-state index in [1.54, 1.807) is 7.11 Å². The molecule has 0 aliphatic carbocycles. The fraction of sp³-hybridized carbons (Fsp3) is 0.538. The molecule has 0 radical (unpaired) electrons. The third-order valence-electron chi connectivity index (χ3n) is 3.04. The number of nitrogens with two attached hydrogens (primary N) is 1. The Morgan fingerprint density at radius 2 is 1.72 bits per heavy atom. The van der Waals surface area contributed by atoms with Gasteiger partial charge in [0.15, 0.2) is 17.5 Å². The van der Waals surface area contributed by atoms with E-state index >= 15 is 0 Å². The van der Waals surface area contributed by atoms with Crippen LogP contribution in [0.5, 0.6) is 0 Å². The topological polar surface area (TPSA) is 35.2 Å². The molecule has 1 atom stereocenters. The van der Waals surface area contributed by atoms with Gasteiger partial charge in [-0.3, -0.25) is 0 Å². The normalized spacial score (nSPS) is 13.7. The Hall–Kier alpha value is -1.07. The molecule has 0 heterocycles. The molecule has 0 spiro atoms. The molecule has 0 bridgehead atoms. The van der Waals surface area contributed by atoms with Crippen molar-refractivity contribution < 1.29 is 17.9 Å². The lowest BCUT2D eigenvalue weighted by Crippen LogP contribution is -2.24. The summed E-state index contributed by atoms with van der Waals surface area (Å²) in [6.45, 7) is 3.79. The van der Waals surface area contributed by atoms with Gasteiger partial charge in [-0.15, -0.1) is 0 Å². The zero-order valence-electron chi connectivity index (χ0n) is 10.8. The van der Waals surface area contributed by atoms with Crippen molar-refractivity contribution in [3.63, 3.8) is 0 Å². The second-order valence-corrected chi connectivity index (χ2v) is 4.91. The van der Waals surface area contributed by atoms with Crippen LogP contribution in [0.15, 0.2) is 12.1 Å². The maximum absolute atomic E-state index is 13.0. The van der Waals surface area contributed by atoms with Crippen molar-refractivity contribution in [3.05, 3.63) is 35.1 Å². The fourth-order valence-corrected chi connectivity index (χ4v) is 1.56. The Bertz CT molecular complexity index is 398. The molecular weight excluding hydrogens is 243 g/mol. The Balaban J connectivity index is 2.76. The fourth-order valence-electron chi connectivity index (χ4n) is 1.56. The van der Waals surface area contributed by atoms with E-state index in [1.165, 1.54) is 0 Å². The summed E-state index contributed by atoms with van der Waals surface area (Å²) in [6, 6.07) is 1.32. The molecule has 1 aromatic carbocycles. The summed E-state index contributed by atoms with van der Waals surface area (Å²) in [6.07, 6.45) is 1.12. The number of hydrogen-bond acceptors (Lipinski definition) is 2. The molecule has 0 saturated heterocycles. The highest BCUT2D eigenvalue weighted by atomic mass is 19.2. The summed E-state index contributed by atoms with van der Waals surface area (Å²) >= 11 is 0. The molecular formula is C13H18F3NO. The predicted octanol–water partition coefficient (Wildman–Crippen LogP) is 3.31. The van der Waals surface area contributed by atoms with Gasteiger partial charge in [0.05, 0.1) is 5.60 Å². The summed E-state index contributed by atoms with van der Waals surface area (Å²) in [5.41, 5.74) is 5.73. The van der Waals surface area contributed by atoms with Crippen LogP contribution in [0.2, 0.25) is 0 Å². The third-order valence-corrected chi connectivity index (χ3v) is 3.04. The first-order valence-electron chi connectivity index (χ1n) is 5.72. The van der Waals surface area contributed by atoms with Gasteiger partial charge in [0.1, 0.15) is 0 Å². The highest BCUT2D eigenvalue weighted by Crippen LogP contribution is 2.24. The molecule has 1 unspecified atom stereocenters. The molecule has 1 aromatic rings. The minimum atomic E-state index is -1.47. The third kappa shape index (κ3) is 3.71. The largest absolute Gasteiger partial charge is 0.379 e. The van der Waals surface area contributed by atoms with Crippen molar-refractivity contribution in [2.75, 3.05) is 7.11 Å². The van der Waals surface area contributed by atoms with Crippen LogP contribution in [-0.4, -0.2) is 12.7 Å². The summed E-state index contributed by atoms with van der Waals surface area (Å²) in [4.78, 5) is 0. The summed E-state index contributed by atoms with van der Waals surface area (Å²) < 4.78 is 44.1. The van der Waals surface area contributed by atoms with Gasteiger partial charge in [-0.2, -0.15) is 0 Å². The molecule has 102 valence electrons. The van der Waals surface area contributed by atoms with E-state index in [4.69, 9.17) is 10.5 Å². The smallest absolute Gasteiger partial charge is 0.194 e. The first-order valence-corrected chi connectivity index (χ1v) is 5.72. The first-order chi connectivity index (χ1) is 8.26. The van der Waals surface area contributed by atoms with Crippen LogP contribution in [-0.2, 0) is 4.74 Å². The minimum Gasteiger partial charge on any atom is -0.379 e. The zero-order valence-corrected chi connectivity index (χ0v) is 10.8. The number of benzene rings is 1. The maximum Gasteiger partial charge on any atom is 0.194 e. The van der Waals surface area contributed by atoms with Gasteiger partial charge in [-0.05, 0) is 44.4 Å². The second-order valence-electron chi connectivity index (χ2n) is 4.91. The van der Waals surface area contributed by atoms with Crippen LogP contribution in [0.4, 0.5) is 13.2 Å². The van der Waals surface area contributed by atoms with E-state index in [0.717, 1.165) is 12.1 Å². The number of ether oxygens (including phenoxy) is 1. The van der Waals surface area contributed by atoms with Crippen molar-refractivity contribution in [2.45, 2.75) is 38.3 Å². The molecule has 18 heavy (non-hydrogen) atoms. The van der Waals surface area contributed by atoms with E-state index in [1.807, 2.05) is 13.8 Å². The van der Waals surface area contributed by atoms with Crippen LogP contribution in [0.1, 0.15) is 38.3 Å². The monoisotopic (exact) mass is 261 g/mol. The molecule has 2 nitrogen and oxygen atoms in total. The Morgan fingerprint density at radius 1 is 1.22 bits per heavy atom. The van der Waals surface area contributed by atoms with Crippen molar-refractivity contribution in [2.24, 2.45) is 5.73 Å². The molecule has 2 N–H and O–H groups in total. The lowest BCUT2D eigenvalue weighted by Gasteiger charge is -2.24. The summed E-state index contributed by atoms with van der Waals surface area (Å²) in [7, 11) is 1.59. The van der Waals surface area contributed by atoms with Crippen LogP contribution >= 0.6 is 0 Å². The Kier molecular flexibility index (Phi) is 4.76. The van der Waals surface area contributed by atoms with Gasteiger partial charge in [0, 0.05) is 13.2 Å². The molecule has 0 fully saturated rings.